The molecule has 1 aromatic carbocycles. The van der Waals surface area contributed by atoms with E-state index in [1.807, 2.05) is 25.2 Å². The van der Waals surface area contributed by atoms with Crippen molar-refractivity contribution < 1.29 is 5.11 Å². The molecule has 0 atom stereocenters. The molecule has 0 radical (unpaired) electrons. The van der Waals surface area contributed by atoms with Gasteiger partial charge in [0, 0.05) is 18.9 Å². The van der Waals surface area contributed by atoms with E-state index in [2.05, 4.69) is 5.10 Å². The lowest BCUT2D eigenvalue weighted by molar-refractivity contribution is 0.151. The minimum Gasteiger partial charge on any atom is -0.390 e. The highest BCUT2D eigenvalue weighted by Crippen LogP contribution is 2.39. The van der Waals surface area contributed by atoms with Gasteiger partial charge in [0.15, 0.2) is 5.15 Å². The van der Waals surface area contributed by atoms with Crippen molar-refractivity contribution in [3.8, 4) is 0 Å². The van der Waals surface area contributed by atoms with E-state index in [9.17, 15) is 5.11 Å². The number of aromatic nitrogens is 2. The average molecular weight is 237 g/mol. The van der Waals surface area contributed by atoms with Gasteiger partial charge in [-0.15, -0.1) is 0 Å². The van der Waals surface area contributed by atoms with Gasteiger partial charge in [-0.1, -0.05) is 23.7 Å². The number of hydrogen-bond donors (Lipinski definition) is 1. The van der Waals surface area contributed by atoms with Crippen LogP contribution in [0.5, 0.6) is 0 Å². The van der Waals surface area contributed by atoms with Gasteiger partial charge in [0.05, 0.1) is 11.1 Å². The Kier molecular flexibility index (Phi) is 2.03. The Labute approximate surface area is 98.6 Å². The van der Waals surface area contributed by atoms with Crippen molar-refractivity contribution in [3.05, 3.63) is 28.9 Å². The molecule has 0 spiro atoms. The highest BCUT2D eigenvalue weighted by molar-refractivity contribution is 6.34. The summed E-state index contributed by atoms with van der Waals surface area (Å²) in [6.45, 7) is 0. The summed E-state index contributed by atoms with van der Waals surface area (Å²) in [6.07, 6.45) is 2.49. The van der Waals surface area contributed by atoms with Crippen molar-refractivity contribution >= 4 is 22.5 Å². The molecule has 84 valence electrons. The molecule has 0 amide bonds. The first-order valence-corrected chi connectivity index (χ1v) is 5.79. The molecule has 0 aliphatic heterocycles. The lowest BCUT2D eigenvalue weighted by Crippen LogP contribution is -2.11. The predicted molar refractivity (Wildman–Crippen MR) is 63.6 cm³/mol. The molecule has 3 nitrogen and oxygen atoms in total. The second-order valence-corrected chi connectivity index (χ2v) is 4.99. The fourth-order valence-corrected chi connectivity index (χ4v) is 2.46. The molecule has 16 heavy (non-hydrogen) atoms. The maximum absolute atomic E-state index is 9.98. The summed E-state index contributed by atoms with van der Waals surface area (Å²) in [4.78, 5) is 0. The van der Waals surface area contributed by atoms with Gasteiger partial charge in [-0.05, 0) is 24.5 Å². The Bertz CT molecular complexity index is 557. The molecule has 1 aliphatic rings. The monoisotopic (exact) mass is 236 g/mol. The van der Waals surface area contributed by atoms with Crippen molar-refractivity contribution in [2.24, 2.45) is 7.05 Å². The summed E-state index contributed by atoms with van der Waals surface area (Å²) in [5.74, 6) is 0. The number of benzene rings is 1. The lowest BCUT2D eigenvalue weighted by Gasteiger charge is -2.09. The van der Waals surface area contributed by atoms with Crippen LogP contribution in [0.4, 0.5) is 0 Å². The summed E-state index contributed by atoms with van der Waals surface area (Å²) >= 11 is 6.04. The number of rotatable bonds is 2. The van der Waals surface area contributed by atoms with Gasteiger partial charge in [-0.25, -0.2) is 0 Å². The van der Waals surface area contributed by atoms with Gasteiger partial charge in [-0.2, -0.15) is 5.10 Å². The minimum absolute atomic E-state index is 0.481. The Hall–Kier alpha value is -1.06. The molecule has 4 heteroatoms. The topological polar surface area (TPSA) is 38.0 Å². The molecular formula is C12H13ClN2O. The fraction of sp³-hybridized carbons (Fsp3) is 0.417. The summed E-state index contributed by atoms with van der Waals surface area (Å²) in [5.41, 5.74) is 1.68. The van der Waals surface area contributed by atoms with Crippen LogP contribution < -0.4 is 0 Å². The van der Waals surface area contributed by atoms with Crippen molar-refractivity contribution in [2.75, 3.05) is 0 Å². The first-order valence-electron chi connectivity index (χ1n) is 5.42. The Morgan fingerprint density at radius 1 is 1.50 bits per heavy atom. The summed E-state index contributed by atoms with van der Waals surface area (Å²) in [5, 5.41) is 15.7. The number of fused-ring (bicyclic) bond motifs is 1. The normalized spacial score (nSPS) is 17.9. The first-order chi connectivity index (χ1) is 7.59. The van der Waals surface area contributed by atoms with E-state index in [-0.39, 0.29) is 0 Å². The average Bonchev–Trinajstić information content (AvgIpc) is 2.87. The quantitative estimate of drug-likeness (QED) is 0.869. The van der Waals surface area contributed by atoms with E-state index < -0.39 is 5.60 Å². The number of halogens is 1. The molecule has 2 aromatic rings. The number of nitrogens with zero attached hydrogens (tertiary/aromatic N) is 2. The van der Waals surface area contributed by atoms with Crippen LogP contribution in [0, 0.1) is 0 Å². The van der Waals surface area contributed by atoms with Gasteiger partial charge in [0.1, 0.15) is 0 Å². The van der Waals surface area contributed by atoms with E-state index >= 15 is 0 Å². The highest BCUT2D eigenvalue weighted by atomic mass is 35.5. The molecule has 0 bridgehead atoms. The zero-order valence-corrected chi connectivity index (χ0v) is 9.83. The van der Waals surface area contributed by atoms with Crippen molar-refractivity contribution in [1.29, 1.82) is 0 Å². The van der Waals surface area contributed by atoms with Crippen molar-refractivity contribution in [3.63, 3.8) is 0 Å². The second-order valence-electron chi connectivity index (χ2n) is 4.63. The maximum Gasteiger partial charge on any atom is 0.158 e. The molecular weight excluding hydrogens is 224 g/mol. The molecule has 1 saturated carbocycles. The predicted octanol–water partition coefficient (Wildman–Crippen LogP) is 2.29. The number of hydrogen-bond acceptors (Lipinski definition) is 2. The van der Waals surface area contributed by atoms with E-state index in [1.54, 1.807) is 4.68 Å². The van der Waals surface area contributed by atoms with Crippen LogP contribution in [0.3, 0.4) is 0 Å². The minimum atomic E-state index is -0.481. The third-order valence-electron chi connectivity index (χ3n) is 3.25. The maximum atomic E-state index is 9.98. The van der Waals surface area contributed by atoms with Crippen LogP contribution in [-0.4, -0.2) is 20.5 Å². The van der Waals surface area contributed by atoms with Gasteiger partial charge in [0.25, 0.3) is 0 Å². The molecule has 3 rings (SSSR count). The van der Waals surface area contributed by atoms with E-state index in [0.717, 1.165) is 29.3 Å². The Balaban J connectivity index is 2.16. The Morgan fingerprint density at radius 2 is 2.25 bits per heavy atom. The third kappa shape index (κ3) is 1.51. The van der Waals surface area contributed by atoms with Crippen LogP contribution in [-0.2, 0) is 13.5 Å². The summed E-state index contributed by atoms with van der Waals surface area (Å²) < 4.78 is 1.79. The van der Waals surface area contributed by atoms with Crippen LogP contribution in [0.25, 0.3) is 10.9 Å². The van der Waals surface area contributed by atoms with Crippen molar-refractivity contribution in [1.82, 2.24) is 9.78 Å². The second kappa shape index (κ2) is 3.22. The van der Waals surface area contributed by atoms with Gasteiger partial charge < -0.3 is 5.11 Å². The van der Waals surface area contributed by atoms with Gasteiger partial charge in [0.2, 0.25) is 0 Å². The SMILES string of the molecule is Cn1nc(Cl)c2cccc(CC3(O)CC3)c21. The van der Waals surface area contributed by atoms with Crippen LogP contribution in [0.15, 0.2) is 18.2 Å². The van der Waals surface area contributed by atoms with Crippen LogP contribution >= 0.6 is 11.6 Å². The molecule has 1 aromatic heterocycles. The Morgan fingerprint density at radius 3 is 2.94 bits per heavy atom. The third-order valence-corrected chi connectivity index (χ3v) is 3.53. The number of aliphatic hydroxyl groups is 1. The summed E-state index contributed by atoms with van der Waals surface area (Å²) in [7, 11) is 1.88. The van der Waals surface area contributed by atoms with Gasteiger partial charge >= 0.3 is 0 Å². The molecule has 1 N–H and O–H groups in total. The van der Waals surface area contributed by atoms with Crippen LogP contribution in [0.2, 0.25) is 5.15 Å². The van der Waals surface area contributed by atoms with Crippen LogP contribution in [0.1, 0.15) is 18.4 Å². The summed E-state index contributed by atoms with van der Waals surface area (Å²) in [6, 6.07) is 5.97. The van der Waals surface area contributed by atoms with Gasteiger partial charge in [-0.3, -0.25) is 4.68 Å². The number of aryl methyl sites for hydroxylation is 1. The molecule has 1 heterocycles. The molecule has 0 unspecified atom stereocenters. The zero-order valence-electron chi connectivity index (χ0n) is 9.07. The highest BCUT2D eigenvalue weighted by Gasteiger charge is 2.40. The smallest absolute Gasteiger partial charge is 0.158 e. The number of para-hydroxylation sites is 1. The molecule has 1 fully saturated rings. The molecule has 1 aliphatic carbocycles. The standard InChI is InChI=1S/C12H13ClN2O/c1-15-10-8(7-12(16)5-6-12)3-2-4-9(10)11(13)14-15/h2-4,16H,5-7H2,1H3. The zero-order chi connectivity index (χ0) is 11.3. The van der Waals surface area contributed by atoms with Crippen molar-refractivity contribution in [2.45, 2.75) is 24.9 Å². The van der Waals surface area contributed by atoms with E-state index in [0.29, 0.717) is 11.6 Å². The molecule has 0 saturated heterocycles. The fourth-order valence-electron chi connectivity index (χ4n) is 2.19. The van der Waals surface area contributed by atoms with E-state index in [4.69, 9.17) is 11.6 Å². The first kappa shape index (κ1) is 10.1. The lowest BCUT2D eigenvalue weighted by atomic mass is 10.0. The van der Waals surface area contributed by atoms with E-state index in [1.165, 1.54) is 0 Å². The largest absolute Gasteiger partial charge is 0.390 e.